The lowest BCUT2D eigenvalue weighted by molar-refractivity contribution is -0.141. The lowest BCUT2D eigenvalue weighted by Crippen LogP contribution is -2.21. The van der Waals surface area contributed by atoms with Gasteiger partial charge in [-0.15, -0.1) is 11.8 Å². The van der Waals surface area contributed by atoms with Crippen LogP contribution in [0.2, 0.25) is 0 Å². The van der Waals surface area contributed by atoms with Crippen LogP contribution in [-0.2, 0) is 9.53 Å². The number of hydrogen-bond donors (Lipinski definition) is 0. The van der Waals surface area contributed by atoms with Crippen LogP contribution in [0, 0.1) is 17.2 Å². The second-order valence-corrected chi connectivity index (χ2v) is 2.68. The third-order valence-electron chi connectivity index (χ3n) is 1.24. The summed E-state index contributed by atoms with van der Waals surface area (Å²) in [4.78, 5) is 14.8. The maximum Gasteiger partial charge on any atom is 0.329 e. The highest BCUT2D eigenvalue weighted by atomic mass is 32.2. The largest absolute Gasteiger partial charge is 0.468 e. The minimum atomic E-state index is -0.880. The SMILES string of the molecule is BN=C(SC)C(C#N)C(=O)OC. The average molecular weight is 184 g/mol. The summed E-state index contributed by atoms with van der Waals surface area (Å²) >= 11 is 1.27. The molecule has 0 saturated heterocycles. The fraction of sp³-hybridized carbons (Fsp3) is 0.500. The first-order valence-electron chi connectivity index (χ1n) is 3.19. The van der Waals surface area contributed by atoms with Crippen molar-refractivity contribution in [1.29, 1.82) is 5.26 Å². The van der Waals surface area contributed by atoms with Gasteiger partial charge < -0.3 is 9.64 Å². The minimum absolute atomic E-state index is 0.476. The number of esters is 1. The smallest absolute Gasteiger partial charge is 0.329 e. The molecule has 0 aliphatic heterocycles. The standard InChI is InChI=1S/C6H9BN2O2S/c1-11-6(10)4(3-8)5(9-7)12-2/h4H,7H2,1-2H3. The highest BCUT2D eigenvalue weighted by Gasteiger charge is 2.23. The third-order valence-corrected chi connectivity index (χ3v) is 2.08. The van der Waals surface area contributed by atoms with Crippen LogP contribution in [0.15, 0.2) is 4.90 Å². The van der Waals surface area contributed by atoms with Crippen LogP contribution >= 0.6 is 11.8 Å². The first-order valence-corrected chi connectivity index (χ1v) is 4.41. The molecule has 1 atom stereocenters. The normalized spacial score (nSPS) is 13.2. The molecule has 6 heteroatoms. The van der Waals surface area contributed by atoms with Crippen molar-refractivity contribution in [3.63, 3.8) is 0 Å². The van der Waals surface area contributed by atoms with Gasteiger partial charge in [-0.05, 0) is 6.26 Å². The number of ether oxygens (including phenoxy) is 1. The van der Waals surface area contributed by atoms with E-state index in [1.807, 2.05) is 6.07 Å². The highest BCUT2D eigenvalue weighted by molar-refractivity contribution is 8.13. The molecule has 0 aromatic carbocycles. The lowest BCUT2D eigenvalue weighted by atomic mass is 10.2. The Morgan fingerprint density at radius 3 is 2.67 bits per heavy atom. The van der Waals surface area contributed by atoms with Crippen LogP contribution in [0.1, 0.15) is 0 Å². The Kier molecular flexibility index (Phi) is 5.21. The second-order valence-electron chi connectivity index (χ2n) is 1.85. The van der Waals surface area contributed by atoms with Crippen LogP contribution in [0.3, 0.4) is 0 Å². The van der Waals surface area contributed by atoms with Gasteiger partial charge in [0.25, 0.3) is 0 Å². The van der Waals surface area contributed by atoms with E-state index in [0.29, 0.717) is 5.04 Å². The molecule has 0 spiro atoms. The highest BCUT2D eigenvalue weighted by Crippen LogP contribution is 2.10. The van der Waals surface area contributed by atoms with Gasteiger partial charge >= 0.3 is 5.97 Å². The quantitative estimate of drug-likeness (QED) is 0.253. The fourth-order valence-electron chi connectivity index (χ4n) is 0.665. The predicted octanol–water partition coefficient (Wildman–Crippen LogP) is -0.391. The van der Waals surface area contributed by atoms with E-state index < -0.39 is 11.9 Å². The van der Waals surface area contributed by atoms with Crippen molar-refractivity contribution in [1.82, 2.24) is 0 Å². The van der Waals surface area contributed by atoms with E-state index in [9.17, 15) is 4.79 Å². The molecule has 12 heavy (non-hydrogen) atoms. The van der Waals surface area contributed by atoms with E-state index in [1.165, 1.54) is 18.9 Å². The average Bonchev–Trinajstić information content (AvgIpc) is 2.12. The number of nitrogens with zero attached hydrogens (tertiary/aromatic N) is 2. The zero-order chi connectivity index (χ0) is 9.56. The van der Waals surface area contributed by atoms with Gasteiger partial charge in [0, 0.05) is 0 Å². The van der Waals surface area contributed by atoms with Gasteiger partial charge in [0.2, 0.25) is 7.98 Å². The van der Waals surface area contributed by atoms with Gasteiger partial charge in [-0.1, -0.05) is 0 Å². The van der Waals surface area contributed by atoms with E-state index in [0.717, 1.165) is 0 Å². The molecule has 0 N–H and O–H groups in total. The number of methoxy groups -OCH3 is 1. The molecule has 0 rings (SSSR count). The Labute approximate surface area is 76.4 Å². The van der Waals surface area contributed by atoms with Crippen molar-refractivity contribution in [2.75, 3.05) is 13.4 Å². The summed E-state index contributed by atoms with van der Waals surface area (Å²) in [5, 5.41) is 9.09. The molecule has 0 bridgehead atoms. The number of hydrogen-bond acceptors (Lipinski definition) is 5. The van der Waals surface area contributed by atoms with E-state index in [2.05, 4.69) is 9.64 Å². The number of carbonyl (C=O) groups is 1. The van der Waals surface area contributed by atoms with Crippen LogP contribution in [0.5, 0.6) is 0 Å². The Morgan fingerprint density at radius 2 is 2.42 bits per heavy atom. The molecular formula is C6H9BN2O2S. The summed E-state index contributed by atoms with van der Waals surface area (Å²) in [6.45, 7) is 0. The summed E-state index contributed by atoms with van der Waals surface area (Å²) in [5.41, 5.74) is 0. The second kappa shape index (κ2) is 5.66. The van der Waals surface area contributed by atoms with Gasteiger partial charge in [0.15, 0.2) is 5.92 Å². The topological polar surface area (TPSA) is 62.5 Å². The maximum atomic E-state index is 11.0. The Hall–Kier alpha value is -0.955. The van der Waals surface area contributed by atoms with E-state index in [-0.39, 0.29) is 0 Å². The van der Waals surface area contributed by atoms with Crippen LogP contribution < -0.4 is 0 Å². The van der Waals surface area contributed by atoms with Crippen molar-refractivity contribution in [3.05, 3.63) is 0 Å². The number of rotatable bonds is 2. The number of thioether (sulfide) groups is 1. The molecular weight excluding hydrogens is 175 g/mol. The molecule has 0 aromatic rings. The van der Waals surface area contributed by atoms with E-state index in [4.69, 9.17) is 5.26 Å². The molecule has 0 aromatic heterocycles. The molecule has 0 saturated carbocycles. The minimum Gasteiger partial charge on any atom is -0.468 e. The summed E-state index contributed by atoms with van der Waals surface area (Å²) in [6, 6.07) is 1.83. The molecule has 64 valence electrons. The lowest BCUT2D eigenvalue weighted by Gasteiger charge is -2.06. The van der Waals surface area contributed by atoms with E-state index in [1.54, 1.807) is 14.2 Å². The molecule has 1 unspecified atom stereocenters. The molecule has 0 aliphatic carbocycles. The summed E-state index contributed by atoms with van der Waals surface area (Å²) in [5.74, 6) is -1.44. The number of carbonyl (C=O) groups excluding carboxylic acids is 1. The number of nitriles is 1. The van der Waals surface area contributed by atoms with Gasteiger partial charge in [0.1, 0.15) is 0 Å². The first-order chi connectivity index (χ1) is 5.71. The zero-order valence-corrected chi connectivity index (χ0v) is 8.01. The van der Waals surface area contributed by atoms with Crippen molar-refractivity contribution < 1.29 is 9.53 Å². The monoisotopic (exact) mass is 184 g/mol. The van der Waals surface area contributed by atoms with Crippen molar-refractivity contribution in [3.8, 4) is 6.07 Å². The Balaban J connectivity index is 4.57. The van der Waals surface area contributed by atoms with Gasteiger partial charge in [-0.25, -0.2) is 0 Å². The first kappa shape index (κ1) is 11.0. The summed E-state index contributed by atoms with van der Waals surface area (Å²) in [6.07, 6.45) is 1.76. The van der Waals surface area contributed by atoms with E-state index >= 15 is 0 Å². The summed E-state index contributed by atoms with van der Waals surface area (Å²) in [7, 11) is 2.79. The molecule has 0 amide bonds. The van der Waals surface area contributed by atoms with Crippen LogP contribution in [0.25, 0.3) is 0 Å². The van der Waals surface area contributed by atoms with Crippen molar-refractivity contribution in [2.45, 2.75) is 0 Å². The van der Waals surface area contributed by atoms with Crippen molar-refractivity contribution >= 4 is 30.8 Å². The Bertz CT molecular complexity index is 236. The van der Waals surface area contributed by atoms with Gasteiger partial charge in [-0.3, -0.25) is 4.79 Å². The fourth-order valence-corrected chi connectivity index (χ4v) is 1.23. The predicted molar refractivity (Wildman–Crippen MR) is 50.6 cm³/mol. The van der Waals surface area contributed by atoms with Crippen LogP contribution in [-0.4, -0.2) is 32.4 Å². The maximum absolute atomic E-state index is 11.0. The summed E-state index contributed by atoms with van der Waals surface area (Å²) < 4.78 is 4.43. The molecule has 0 radical (unpaired) electrons. The molecule has 0 heterocycles. The molecule has 0 aliphatic rings. The zero-order valence-electron chi connectivity index (χ0n) is 7.20. The van der Waals surface area contributed by atoms with Crippen LogP contribution in [0.4, 0.5) is 0 Å². The Morgan fingerprint density at radius 1 is 1.83 bits per heavy atom. The van der Waals surface area contributed by atoms with Gasteiger partial charge in [0.05, 0.1) is 18.2 Å². The third kappa shape index (κ3) is 2.59. The molecule has 4 nitrogen and oxygen atoms in total. The molecule has 0 fully saturated rings. The van der Waals surface area contributed by atoms with Crippen molar-refractivity contribution in [2.24, 2.45) is 10.8 Å². The van der Waals surface area contributed by atoms with Gasteiger partial charge in [-0.2, -0.15) is 5.26 Å².